The van der Waals surface area contributed by atoms with Crippen LogP contribution >= 0.6 is 15.9 Å². The first-order chi connectivity index (χ1) is 8.86. The molecular weight excluding hydrogens is 323 g/mol. The monoisotopic (exact) mass is 333 g/mol. The molecule has 0 atom stereocenters. The third-order valence-electron chi connectivity index (χ3n) is 2.60. The fourth-order valence-corrected chi connectivity index (χ4v) is 2.10. The van der Waals surface area contributed by atoms with Crippen molar-refractivity contribution in [1.82, 2.24) is 9.55 Å². The van der Waals surface area contributed by atoms with E-state index in [4.69, 9.17) is 0 Å². The van der Waals surface area contributed by atoms with Crippen LogP contribution < -0.4 is 5.32 Å². The molecular formula is C12H11BrF3N3. The number of aromatic nitrogens is 2. The molecule has 102 valence electrons. The van der Waals surface area contributed by atoms with Crippen LogP contribution in [0.25, 0.3) is 0 Å². The van der Waals surface area contributed by atoms with Gasteiger partial charge in [0.1, 0.15) is 5.82 Å². The van der Waals surface area contributed by atoms with Crippen molar-refractivity contribution in [2.75, 3.05) is 5.32 Å². The van der Waals surface area contributed by atoms with E-state index in [2.05, 4.69) is 26.2 Å². The van der Waals surface area contributed by atoms with E-state index >= 15 is 0 Å². The maximum Gasteiger partial charge on any atom is 0.416 e. The molecule has 1 aromatic carbocycles. The lowest BCUT2D eigenvalue weighted by Crippen LogP contribution is -2.08. The van der Waals surface area contributed by atoms with Crippen LogP contribution in [0.1, 0.15) is 11.4 Å². The van der Waals surface area contributed by atoms with Crippen LogP contribution in [0.5, 0.6) is 0 Å². The first kappa shape index (κ1) is 13.9. The Morgan fingerprint density at radius 1 is 1.32 bits per heavy atom. The van der Waals surface area contributed by atoms with Gasteiger partial charge in [0.15, 0.2) is 0 Å². The normalized spacial score (nSPS) is 11.6. The van der Waals surface area contributed by atoms with Crippen molar-refractivity contribution >= 4 is 21.6 Å². The van der Waals surface area contributed by atoms with E-state index < -0.39 is 11.7 Å². The van der Waals surface area contributed by atoms with Gasteiger partial charge in [-0.25, -0.2) is 4.98 Å². The number of anilines is 1. The van der Waals surface area contributed by atoms with Gasteiger partial charge < -0.3 is 9.88 Å². The summed E-state index contributed by atoms with van der Waals surface area (Å²) < 4.78 is 40.2. The number of imidazole rings is 1. The standard InChI is InChI=1S/C12H11BrF3N3/c1-19-3-2-17-11(19)7-18-10-5-8(12(14,15)16)4-9(13)6-10/h2-6,18H,7H2,1H3. The largest absolute Gasteiger partial charge is 0.416 e. The van der Waals surface area contributed by atoms with Crippen LogP contribution in [0, 0.1) is 0 Å². The second-order valence-electron chi connectivity index (χ2n) is 4.03. The number of alkyl halides is 3. The van der Waals surface area contributed by atoms with E-state index in [9.17, 15) is 13.2 Å². The molecule has 3 nitrogen and oxygen atoms in total. The topological polar surface area (TPSA) is 29.9 Å². The van der Waals surface area contributed by atoms with Crippen molar-refractivity contribution in [3.8, 4) is 0 Å². The Labute approximate surface area is 116 Å². The van der Waals surface area contributed by atoms with Crippen molar-refractivity contribution in [2.45, 2.75) is 12.7 Å². The number of aryl methyl sites for hydroxylation is 1. The number of hydrogen-bond acceptors (Lipinski definition) is 2. The molecule has 1 heterocycles. The fraction of sp³-hybridized carbons (Fsp3) is 0.250. The van der Waals surface area contributed by atoms with Crippen molar-refractivity contribution in [3.05, 3.63) is 46.5 Å². The van der Waals surface area contributed by atoms with E-state index in [-0.39, 0.29) is 0 Å². The molecule has 0 spiro atoms. The molecule has 7 heteroatoms. The Morgan fingerprint density at radius 2 is 2.05 bits per heavy atom. The number of nitrogens with one attached hydrogen (secondary N) is 1. The Bertz CT molecular complexity index is 578. The highest BCUT2D eigenvalue weighted by molar-refractivity contribution is 9.10. The molecule has 0 aliphatic carbocycles. The van der Waals surface area contributed by atoms with Gasteiger partial charge in [0.2, 0.25) is 0 Å². The minimum Gasteiger partial charge on any atom is -0.378 e. The van der Waals surface area contributed by atoms with Crippen LogP contribution in [0.2, 0.25) is 0 Å². The highest BCUT2D eigenvalue weighted by Crippen LogP contribution is 2.33. The van der Waals surface area contributed by atoms with Crippen molar-refractivity contribution in [1.29, 1.82) is 0 Å². The number of hydrogen-bond donors (Lipinski definition) is 1. The molecule has 1 N–H and O–H groups in total. The predicted molar refractivity (Wildman–Crippen MR) is 69.7 cm³/mol. The van der Waals surface area contributed by atoms with E-state index in [0.29, 0.717) is 16.7 Å². The third-order valence-corrected chi connectivity index (χ3v) is 3.05. The summed E-state index contributed by atoms with van der Waals surface area (Å²) in [7, 11) is 1.83. The number of rotatable bonds is 3. The first-order valence-electron chi connectivity index (χ1n) is 5.44. The molecule has 0 unspecified atom stereocenters. The second kappa shape index (κ2) is 5.24. The summed E-state index contributed by atoms with van der Waals surface area (Å²) in [5.41, 5.74) is -0.297. The van der Waals surface area contributed by atoms with Crippen LogP contribution in [0.15, 0.2) is 35.1 Å². The minimum atomic E-state index is -4.36. The van der Waals surface area contributed by atoms with Gasteiger partial charge in [0, 0.05) is 29.6 Å². The first-order valence-corrected chi connectivity index (χ1v) is 6.23. The summed E-state index contributed by atoms with van der Waals surface area (Å²) in [6, 6.07) is 3.72. The molecule has 0 aliphatic heterocycles. The molecule has 1 aromatic heterocycles. The molecule has 2 aromatic rings. The Balaban J connectivity index is 2.17. The number of halogens is 4. The molecule has 0 amide bonds. The summed E-state index contributed by atoms with van der Waals surface area (Å²) in [4.78, 5) is 4.09. The van der Waals surface area contributed by atoms with Crippen molar-refractivity contribution in [2.24, 2.45) is 7.05 Å². The Morgan fingerprint density at radius 3 is 2.63 bits per heavy atom. The zero-order valence-corrected chi connectivity index (χ0v) is 11.6. The lowest BCUT2D eigenvalue weighted by atomic mass is 10.2. The van der Waals surface area contributed by atoms with Crippen LogP contribution in [-0.4, -0.2) is 9.55 Å². The van der Waals surface area contributed by atoms with Gasteiger partial charge in [0.25, 0.3) is 0 Å². The molecule has 0 radical (unpaired) electrons. The molecule has 2 rings (SSSR count). The highest BCUT2D eigenvalue weighted by Gasteiger charge is 2.31. The van der Waals surface area contributed by atoms with Gasteiger partial charge in [0.05, 0.1) is 12.1 Å². The van der Waals surface area contributed by atoms with Crippen molar-refractivity contribution < 1.29 is 13.2 Å². The summed E-state index contributed by atoms with van der Waals surface area (Å²) in [5, 5.41) is 2.93. The van der Waals surface area contributed by atoms with Gasteiger partial charge in [-0.3, -0.25) is 0 Å². The van der Waals surface area contributed by atoms with Crippen molar-refractivity contribution in [3.63, 3.8) is 0 Å². The molecule has 0 fully saturated rings. The summed E-state index contributed by atoms with van der Waals surface area (Å²) in [6.45, 7) is 0.358. The second-order valence-corrected chi connectivity index (χ2v) is 4.95. The zero-order chi connectivity index (χ0) is 14.0. The third kappa shape index (κ3) is 3.50. The zero-order valence-electron chi connectivity index (χ0n) is 10.0. The number of benzene rings is 1. The molecule has 19 heavy (non-hydrogen) atoms. The highest BCUT2D eigenvalue weighted by atomic mass is 79.9. The SMILES string of the molecule is Cn1ccnc1CNc1cc(Br)cc(C(F)(F)F)c1. The van der Waals surface area contributed by atoms with Gasteiger partial charge in [-0.2, -0.15) is 13.2 Å². The van der Waals surface area contributed by atoms with E-state index in [1.54, 1.807) is 23.0 Å². The van der Waals surface area contributed by atoms with Crippen LogP contribution in [0.3, 0.4) is 0 Å². The van der Waals surface area contributed by atoms with E-state index in [1.165, 1.54) is 0 Å². The molecule has 0 saturated heterocycles. The fourth-order valence-electron chi connectivity index (χ4n) is 1.60. The van der Waals surface area contributed by atoms with Gasteiger partial charge in [-0.05, 0) is 18.2 Å². The maximum absolute atomic E-state index is 12.7. The average molecular weight is 334 g/mol. The van der Waals surface area contributed by atoms with Crippen LogP contribution in [0.4, 0.5) is 18.9 Å². The lowest BCUT2D eigenvalue weighted by molar-refractivity contribution is -0.137. The van der Waals surface area contributed by atoms with Gasteiger partial charge >= 0.3 is 6.18 Å². The Hall–Kier alpha value is -1.50. The van der Waals surface area contributed by atoms with Gasteiger partial charge in [-0.1, -0.05) is 15.9 Å². The predicted octanol–water partition coefficient (Wildman–Crippen LogP) is 3.81. The van der Waals surface area contributed by atoms with Crippen LogP contribution in [-0.2, 0) is 19.8 Å². The number of nitrogens with zero attached hydrogens (tertiary/aromatic N) is 2. The maximum atomic E-state index is 12.7. The van der Waals surface area contributed by atoms with Gasteiger partial charge in [-0.15, -0.1) is 0 Å². The van der Waals surface area contributed by atoms with E-state index in [0.717, 1.165) is 18.0 Å². The molecule has 0 bridgehead atoms. The smallest absolute Gasteiger partial charge is 0.378 e. The van der Waals surface area contributed by atoms with E-state index in [1.807, 2.05) is 7.05 Å². The quantitative estimate of drug-likeness (QED) is 0.925. The minimum absolute atomic E-state index is 0.358. The summed E-state index contributed by atoms with van der Waals surface area (Å²) in [5.74, 6) is 0.744. The average Bonchev–Trinajstić information content (AvgIpc) is 2.70. The lowest BCUT2D eigenvalue weighted by Gasteiger charge is -2.11. The summed E-state index contributed by atoms with van der Waals surface area (Å²) in [6.07, 6.45) is -0.943. The Kier molecular flexibility index (Phi) is 3.84. The molecule has 0 aliphatic rings. The summed E-state index contributed by atoms with van der Waals surface area (Å²) >= 11 is 3.08. The molecule has 0 saturated carbocycles.